The molecule has 1 saturated heterocycles. The Morgan fingerprint density at radius 1 is 0.946 bits per heavy atom. The van der Waals surface area contributed by atoms with Gasteiger partial charge < -0.3 is 19.9 Å². The van der Waals surface area contributed by atoms with Gasteiger partial charge in [0.25, 0.3) is 11.8 Å². The molecule has 37 heavy (non-hydrogen) atoms. The molecule has 192 valence electrons. The highest BCUT2D eigenvalue weighted by Gasteiger charge is 2.24. The topological polar surface area (TPSA) is 73.9 Å². The lowest BCUT2D eigenvalue weighted by atomic mass is 10.1. The summed E-state index contributed by atoms with van der Waals surface area (Å²) in [5.41, 5.74) is 2.29. The van der Waals surface area contributed by atoms with Gasteiger partial charge in [-0.2, -0.15) is 0 Å². The van der Waals surface area contributed by atoms with E-state index in [1.54, 1.807) is 41.3 Å². The summed E-state index contributed by atoms with van der Waals surface area (Å²) in [6, 6.07) is 20.7. The van der Waals surface area contributed by atoms with Gasteiger partial charge in [-0.3, -0.25) is 14.9 Å². The number of thiocarbonyl (C=S) groups is 1. The molecule has 0 atom stereocenters. The van der Waals surface area contributed by atoms with E-state index in [0.717, 1.165) is 11.4 Å². The van der Waals surface area contributed by atoms with Crippen LogP contribution in [0.5, 0.6) is 5.75 Å². The molecule has 0 saturated carbocycles. The fourth-order valence-corrected chi connectivity index (χ4v) is 4.26. The summed E-state index contributed by atoms with van der Waals surface area (Å²) in [6.45, 7) is 6.14. The Kier molecular flexibility index (Phi) is 8.35. The van der Waals surface area contributed by atoms with Gasteiger partial charge in [0.15, 0.2) is 5.11 Å². The highest BCUT2D eigenvalue weighted by molar-refractivity contribution is 7.80. The Bertz CT molecular complexity index is 1270. The first-order valence-electron chi connectivity index (χ1n) is 12.1. The van der Waals surface area contributed by atoms with Gasteiger partial charge in [0.2, 0.25) is 0 Å². The van der Waals surface area contributed by atoms with Crippen molar-refractivity contribution in [3.05, 3.63) is 89.7 Å². The van der Waals surface area contributed by atoms with Gasteiger partial charge in [-0.1, -0.05) is 18.2 Å². The van der Waals surface area contributed by atoms with E-state index in [-0.39, 0.29) is 28.6 Å². The monoisotopic (exact) mass is 520 g/mol. The fraction of sp³-hybridized carbons (Fsp3) is 0.250. The van der Waals surface area contributed by atoms with Gasteiger partial charge >= 0.3 is 0 Å². The van der Waals surface area contributed by atoms with Crippen molar-refractivity contribution >= 4 is 40.5 Å². The molecule has 2 N–H and O–H groups in total. The number of carbonyl (C=O) groups is 2. The molecule has 3 aromatic rings. The summed E-state index contributed by atoms with van der Waals surface area (Å²) < 4.78 is 19.6. The van der Waals surface area contributed by atoms with Crippen LogP contribution in [0.4, 0.5) is 15.8 Å². The minimum atomic E-state index is -0.499. The number of benzene rings is 3. The number of carbonyl (C=O) groups excluding carboxylic acids is 2. The van der Waals surface area contributed by atoms with Crippen LogP contribution in [-0.4, -0.2) is 54.1 Å². The Morgan fingerprint density at radius 3 is 2.32 bits per heavy atom. The zero-order valence-electron chi connectivity index (χ0n) is 20.7. The van der Waals surface area contributed by atoms with Crippen molar-refractivity contribution in [2.24, 2.45) is 0 Å². The third-order valence-corrected chi connectivity index (χ3v) is 6.06. The lowest BCUT2D eigenvalue weighted by Gasteiger charge is -2.36. The van der Waals surface area contributed by atoms with Crippen molar-refractivity contribution in [2.75, 3.05) is 36.4 Å². The van der Waals surface area contributed by atoms with Gasteiger partial charge in [-0.25, -0.2) is 4.39 Å². The van der Waals surface area contributed by atoms with E-state index < -0.39 is 5.82 Å². The van der Waals surface area contributed by atoms with Gasteiger partial charge in [0.05, 0.1) is 11.7 Å². The van der Waals surface area contributed by atoms with Gasteiger partial charge in [-0.15, -0.1) is 0 Å². The first-order chi connectivity index (χ1) is 17.8. The number of piperazine rings is 1. The molecule has 0 radical (unpaired) electrons. The van der Waals surface area contributed by atoms with Gasteiger partial charge in [0.1, 0.15) is 11.6 Å². The number of nitrogens with zero attached hydrogens (tertiary/aromatic N) is 2. The third kappa shape index (κ3) is 6.83. The van der Waals surface area contributed by atoms with E-state index in [1.807, 2.05) is 38.1 Å². The zero-order chi connectivity index (χ0) is 26.4. The Hall–Kier alpha value is -3.98. The second-order valence-electron chi connectivity index (χ2n) is 8.91. The van der Waals surface area contributed by atoms with Crippen molar-refractivity contribution in [2.45, 2.75) is 20.0 Å². The van der Waals surface area contributed by atoms with Crippen LogP contribution in [-0.2, 0) is 0 Å². The number of halogens is 1. The molecule has 1 heterocycles. The van der Waals surface area contributed by atoms with Crippen molar-refractivity contribution < 1.29 is 18.7 Å². The smallest absolute Gasteiger partial charge is 0.257 e. The highest BCUT2D eigenvalue weighted by Crippen LogP contribution is 2.21. The van der Waals surface area contributed by atoms with Crippen LogP contribution < -0.4 is 20.3 Å². The quantitative estimate of drug-likeness (QED) is 0.459. The lowest BCUT2D eigenvalue weighted by Crippen LogP contribution is -2.49. The summed E-state index contributed by atoms with van der Waals surface area (Å²) >= 11 is 5.31. The summed E-state index contributed by atoms with van der Waals surface area (Å²) in [4.78, 5) is 29.1. The maximum Gasteiger partial charge on any atom is 0.257 e. The molecule has 1 aliphatic rings. The van der Waals surface area contributed by atoms with Crippen LogP contribution >= 0.6 is 12.2 Å². The fourth-order valence-electron chi connectivity index (χ4n) is 4.05. The molecule has 0 bridgehead atoms. The number of amides is 2. The van der Waals surface area contributed by atoms with E-state index in [1.165, 1.54) is 12.1 Å². The number of hydrogen-bond donors (Lipinski definition) is 2. The minimum Gasteiger partial charge on any atom is -0.491 e. The van der Waals surface area contributed by atoms with Crippen LogP contribution in [0.25, 0.3) is 0 Å². The van der Waals surface area contributed by atoms with E-state index in [2.05, 4.69) is 15.5 Å². The molecule has 0 unspecified atom stereocenters. The van der Waals surface area contributed by atoms with Crippen LogP contribution in [0.1, 0.15) is 34.6 Å². The average molecular weight is 521 g/mol. The van der Waals surface area contributed by atoms with Crippen LogP contribution in [0, 0.1) is 5.82 Å². The molecular weight excluding hydrogens is 491 g/mol. The lowest BCUT2D eigenvalue weighted by molar-refractivity contribution is 0.0742. The van der Waals surface area contributed by atoms with E-state index >= 15 is 0 Å². The Labute approximate surface area is 221 Å². The summed E-state index contributed by atoms with van der Waals surface area (Å²) in [5.74, 6) is -0.492. The average Bonchev–Trinajstić information content (AvgIpc) is 2.89. The van der Waals surface area contributed by atoms with Crippen molar-refractivity contribution in [3.8, 4) is 5.75 Å². The first-order valence-corrected chi connectivity index (χ1v) is 12.5. The Morgan fingerprint density at radius 2 is 1.65 bits per heavy atom. The highest BCUT2D eigenvalue weighted by atomic mass is 32.1. The Balaban J connectivity index is 1.28. The molecule has 3 aromatic carbocycles. The number of rotatable bonds is 6. The molecule has 1 aliphatic heterocycles. The summed E-state index contributed by atoms with van der Waals surface area (Å²) in [5, 5.41) is 5.90. The van der Waals surface area contributed by atoms with E-state index in [4.69, 9.17) is 17.0 Å². The molecule has 7 nitrogen and oxygen atoms in total. The summed E-state index contributed by atoms with van der Waals surface area (Å²) in [6.07, 6.45) is 0.00857. The number of nitrogens with one attached hydrogen (secondary N) is 2. The van der Waals surface area contributed by atoms with Crippen LogP contribution in [0.3, 0.4) is 0 Å². The predicted octanol–water partition coefficient (Wildman–Crippen LogP) is 4.70. The zero-order valence-corrected chi connectivity index (χ0v) is 21.6. The second kappa shape index (κ2) is 11.8. The van der Waals surface area contributed by atoms with Crippen molar-refractivity contribution in [1.82, 2.24) is 10.2 Å². The second-order valence-corrected chi connectivity index (χ2v) is 9.32. The predicted molar refractivity (Wildman–Crippen MR) is 147 cm³/mol. The largest absolute Gasteiger partial charge is 0.491 e. The van der Waals surface area contributed by atoms with Crippen molar-refractivity contribution in [1.29, 1.82) is 0 Å². The van der Waals surface area contributed by atoms with E-state index in [9.17, 15) is 14.0 Å². The standard InChI is InChI=1S/C28H29FN4O3S/c1-19(2)36-23-7-5-6-20(18-23)26(34)31-28(37)30-21-10-12-22(13-11-21)32-14-16-33(17-15-32)27(35)24-8-3-4-9-25(24)29/h3-13,18-19H,14-17H2,1-2H3,(H2,30,31,34,37). The number of ether oxygens (including phenoxy) is 1. The first kappa shape index (κ1) is 26.1. The molecular formula is C28H29FN4O3S. The maximum absolute atomic E-state index is 14.0. The van der Waals surface area contributed by atoms with Crippen LogP contribution in [0.2, 0.25) is 0 Å². The number of anilines is 2. The third-order valence-electron chi connectivity index (χ3n) is 5.86. The summed E-state index contributed by atoms with van der Waals surface area (Å²) in [7, 11) is 0. The molecule has 1 fully saturated rings. The minimum absolute atomic E-state index is 0.00857. The normalized spacial score (nSPS) is 13.3. The molecule has 2 amide bonds. The van der Waals surface area contributed by atoms with Gasteiger partial charge in [0, 0.05) is 43.1 Å². The maximum atomic E-state index is 14.0. The van der Waals surface area contributed by atoms with Crippen molar-refractivity contribution in [3.63, 3.8) is 0 Å². The molecule has 0 aliphatic carbocycles. The molecule has 0 spiro atoms. The molecule has 4 rings (SSSR count). The van der Waals surface area contributed by atoms with E-state index in [0.29, 0.717) is 37.5 Å². The molecule has 0 aromatic heterocycles. The van der Waals surface area contributed by atoms with Crippen LogP contribution in [0.15, 0.2) is 72.8 Å². The molecule has 9 heteroatoms. The van der Waals surface area contributed by atoms with Gasteiger partial charge in [-0.05, 0) is 80.7 Å². The number of hydrogen-bond acceptors (Lipinski definition) is 5. The SMILES string of the molecule is CC(C)Oc1cccc(C(=O)NC(=S)Nc2ccc(N3CCN(C(=O)c4ccccc4F)CC3)cc2)c1.